The fraction of sp³-hybridized carbons (Fsp3) is 0.538. The van der Waals surface area contributed by atoms with E-state index in [1.807, 2.05) is 6.07 Å². The summed E-state index contributed by atoms with van der Waals surface area (Å²) in [6.45, 7) is 3.84. The van der Waals surface area contributed by atoms with Gasteiger partial charge in [0.15, 0.2) is 0 Å². The van der Waals surface area contributed by atoms with E-state index in [9.17, 15) is 0 Å². The van der Waals surface area contributed by atoms with Crippen LogP contribution in [0.4, 0.5) is 5.69 Å². The molecule has 0 fully saturated rings. The zero-order chi connectivity index (χ0) is 12.0. The Kier molecular flexibility index (Phi) is 5.12. The highest BCUT2D eigenvalue weighted by Crippen LogP contribution is 2.28. The lowest BCUT2D eigenvalue weighted by molar-refractivity contribution is 0.414. The molecular weight excluding hydrogens is 200 g/mol. The lowest BCUT2D eigenvalue weighted by Gasteiger charge is -2.22. The van der Waals surface area contributed by atoms with Crippen molar-refractivity contribution in [2.45, 2.75) is 19.8 Å². The molecule has 16 heavy (non-hydrogen) atoms. The molecule has 0 bridgehead atoms. The van der Waals surface area contributed by atoms with Crippen LogP contribution in [0.15, 0.2) is 18.2 Å². The quantitative estimate of drug-likeness (QED) is 0.800. The van der Waals surface area contributed by atoms with Crippen LogP contribution in [0, 0.1) is 0 Å². The van der Waals surface area contributed by atoms with Crippen molar-refractivity contribution in [3.8, 4) is 5.75 Å². The number of hydrogen-bond acceptors (Lipinski definition) is 3. The van der Waals surface area contributed by atoms with Gasteiger partial charge < -0.3 is 15.4 Å². The summed E-state index contributed by atoms with van der Waals surface area (Å²) in [5, 5.41) is 0. The highest BCUT2D eigenvalue weighted by molar-refractivity contribution is 5.59. The van der Waals surface area contributed by atoms with Crippen LogP contribution in [0.25, 0.3) is 0 Å². The highest BCUT2D eigenvalue weighted by atomic mass is 16.5. The summed E-state index contributed by atoms with van der Waals surface area (Å²) in [5.41, 5.74) is 8.00. The van der Waals surface area contributed by atoms with E-state index in [2.05, 4.69) is 31.0 Å². The number of aryl methyl sites for hydroxylation is 1. The molecule has 3 heteroatoms. The summed E-state index contributed by atoms with van der Waals surface area (Å²) < 4.78 is 5.37. The van der Waals surface area contributed by atoms with E-state index in [-0.39, 0.29) is 0 Å². The van der Waals surface area contributed by atoms with Crippen molar-refractivity contribution in [3.05, 3.63) is 23.8 Å². The largest absolute Gasteiger partial charge is 0.495 e. The van der Waals surface area contributed by atoms with Gasteiger partial charge in [-0.15, -0.1) is 0 Å². The van der Waals surface area contributed by atoms with Crippen LogP contribution in [0.1, 0.15) is 18.9 Å². The van der Waals surface area contributed by atoms with Gasteiger partial charge in [0.25, 0.3) is 0 Å². The average molecular weight is 222 g/mol. The average Bonchev–Trinajstić information content (AvgIpc) is 2.35. The maximum Gasteiger partial charge on any atom is 0.142 e. The zero-order valence-electron chi connectivity index (χ0n) is 10.5. The van der Waals surface area contributed by atoms with Crippen molar-refractivity contribution in [3.63, 3.8) is 0 Å². The van der Waals surface area contributed by atoms with Crippen molar-refractivity contribution in [2.24, 2.45) is 5.73 Å². The molecular formula is C13H22N2O. The molecule has 0 aromatic heterocycles. The second-order valence-electron chi connectivity index (χ2n) is 3.92. The number of methoxy groups -OCH3 is 1. The summed E-state index contributed by atoms with van der Waals surface area (Å²) in [6.07, 6.45) is 2.04. The number of ether oxygens (including phenoxy) is 1. The number of anilines is 1. The van der Waals surface area contributed by atoms with E-state index in [0.717, 1.165) is 37.4 Å². The molecule has 0 aliphatic rings. The molecule has 1 aromatic carbocycles. The van der Waals surface area contributed by atoms with Crippen LogP contribution in [-0.4, -0.2) is 27.2 Å². The second kappa shape index (κ2) is 6.38. The Labute approximate surface area is 98.2 Å². The van der Waals surface area contributed by atoms with E-state index in [4.69, 9.17) is 10.5 Å². The van der Waals surface area contributed by atoms with Gasteiger partial charge in [-0.2, -0.15) is 0 Å². The Hall–Kier alpha value is -1.22. The van der Waals surface area contributed by atoms with E-state index in [1.165, 1.54) is 5.56 Å². The third kappa shape index (κ3) is 3.14. The van der Waals surface area contributed by atoms with Gasteiger partial charge in [0.2, 0.25) is 0 Å². The minimum Gasteiger partial charge on any atom is -0.495 e. The lowest BCUT2D eigenvalue weighted by Crippen LogP contribution is -2.21. The minimum atomic E-state index is 0.722. The van der Waals surface area contributed by atoms with Gasteiger partial charge in [-0.3, -0.25) is 0 Å². The molecule has 0 amide bonds. The van der Waals surface area contributed by atoms with Gasteiger partial charge in [-0.1, -0.05) is 13.0 Å². The molecule has 0 unspecified atom stereocenters. The van der Waals surface area contributed by atoms with Gasteiger partial charge in [-0.25, -0.2) is 0 Å². The first kappa shape index (κ1) is 12.8. The normalized spacial score (nSPS) is 10.2. The van der Waals surface area contributed by atoms with Crippen molar-refractivity contribution in [1.82, 2.24) is 0 Å². The highest BCUT2D eigenvalue weighted by Gasteiger charge is 2.08. The topological polar surface area (TPSA) is 38.5 Å². The Morgan fingerprint density at radius 3 is 2.69 bits per heavy atom. The van der Waals surface area contributed by atoms with Gasteiger partial charge in [-0.05, 0) is 37.1 Å². The molecule has 1 aromatic rings. The number of nitrogens with zero attached hydrogens (tertiary/aromatic N) is 1. The molecule has 90 valence electrons. The predicted molar refractivity (Wildman–Crippen MR) is 69.3 cm³/mol. The molecule has 0 heterocycles. The number of hydrogen-bond donors (Lipinski definition) is 1. The minimum absolute atomic E-state index is 0.722. The Balaban J connectivity index is 2.89. The summed E-state index contributed by atoms with van der Waals surface area (Å²) in [4.78, 5) is 2.20. The van der Waals surface area contributed by atoms with E-state index >= 15 is 0 Å². The molecule has 1 rings (SSSR count). The second-order valence-corrected chi connectivity index (χ2v) is 3.92. The van der Waals surface area contributed by atoms with Crippen LogP contribution in [0.2, 0.25) is 0 Å². The first-order valence-corrected chi connectivity index (χ1v) is 5.81. The third-order valence-corrected chi connectivity index (χ3v) is 2.76. The fourth-order valence-corrected chi connectivity index (χ4v) is 1.70. The summed E-state index contributed by atoms with van der Waals surface area (Å²) >= 11 is 0. The van der Waals surface area contributed by atoms with Gasteiger partial charge in [0.05, 0.1) is 12.8 Å². The third-order valence-electron chi connectivity index (χ3n) is 2.76. The summed E-state index contributed by atoms with van der Waals surface area (Å²) in [6, 6.07) is 6.33. The maximum atomic E-state index is 5.52. The Morgan fingerprint density at radius 2 is 2.12 bits per heavy atom. The zero-order valence-corrected chi connectivity index (χ0v) is 10.5. The molecule has 0 saturated heterocycles. The van der Waals surface area contributed by atoms with Crippen LogP contribution >= 0.6 is 0 Å². The Morgan fingerprint density at radius 1 is 1.38 bits per heavy atom. The summed E-state index contributed by atoms with van der Waals surface area (Å²) in [5.74, 6) is 0.928. The maximum absolute atomic E-state index is 5.52. The van der Waals surface area contributed by atoms with Crippen molar-refractivity contribution in [2.75, 3.05) is 32.1 Å². The predicted octanol–water partition coefficient (Wildman–Crippen LogP) is 2.04. The van der Waals surface area contributed by atoms with Gasteiger partial charge in [0, 0.05) is 13.6 Å². The van der Waals surface area contributed by atoms with Crippen molar-refractivity contribution in [1.29, 1.82) is 0 Å². The fourth-order valence-electron chi connectivity index (χ4n) is 1.70. The molecule has 0 radical (unpaired) electrons. The van der Waals surface area contributed by atoms with Crippen LogP contribution in [0.5, 0.6) is 5.75 Å². The lowest BCUT2D eigenvalue weighted by atomic mass is 10.1. The molecule has 0 aliphatic carbocycles. The number of rotatable bonds is 6. The van der Waals surface area contributed by atoms with E-state index in [0.29, 0.717) is 0 Å². The monoisotopic (exact) mass is 222 g/mol. The Bertz CT molecular complexity index is 326. The smallest absolute Gasteiger partial charge is 0.142 e. The summed E-state index contributed by atoms with van der Waals surface area (Å²) in [7, 11) is 3.79. The first-order chi connectivity index (χ1) is 7.72. The van der Waals surface area contributed by atoms with Gasteiger partial charge >= 0.3 is 0 Å². The van der Waals surface area contributed by atoms with Crippen molar-refractivity contribution < 1.29 is 4.74 Å². The molecule has 2 N–H and O–H groups in total. The molecule has 3 nitrogen and oxygen atoms in total. The van der Waals surface area contributed by atoms with Gasteiger partial charge in [0.1, 0.15) is 5.75 Å². The standard InChI is InChI=1S/C13H22N2O/c1-4-11-6-7-13(16-3)12(10-11)15(2)9-5-8-14/h6-7,10H,4-5,8-9,14H2,1-3H3. The number of nitrogens with two attached hydrogens (primary N) is 1. The molecule has 0 atom stereocenters. The van der Waals surface area contributed by atoms with E-state index in [1.54, 1.807) is 7.11 Å². The first-order valence-electron chi connectivity index (χ1n) is 5.81. The molecule has 0 aliphatic heterocycles. The van der Waals surface area contributed by atoms with Crippen molar-refractivity contribution >= 4 is 5.69 Å². The SMILES string of the molecule is CCc1ccc(OC)c(N(C)CCCN)c1. The van der Waals surface area contributed by atoms with E-state index < -0.39 is 0 Å². The molecule has 0 saturated carbocycles. The number of benzene rings is 1. The molecule has 0 spiro atoms. The van der Waals surface area contributed by atoms with Crippen LogP contribution in [0.3, 0.4) is 0 Å². The van der Waals surface area contributed by atoms with Crippen LogP contribution in [-0.2, 0) is 6.42 Å². The van der Waals surface area contributed by atoms with Crippen LogP contribution < -0.4 is 15.4 Å².